The highest BCUT2D eigenvalue weighted by molar-refractivity contribution is 7.89. The van der Waals surface area contributed by atoms with Gasteiger partial charge in [0.2, 0.25) is 0 Å². The summed E-state index contributed by atoms with van der Waals surface area (Å²) >= 11 is 1.19. The minimum absolute atomic E-state index is 0.137. The zero-order valence-corrected chi connectivity index (χ0v) is 13.6. The number of benzene rings is 1. The van der Waals surface area contributed by atoms with Crippen LogP contribution in [0.15, 0.2) is 53.1 Å². The van der Waals surface area contributed by atoms with Gasteiger partial charge in [-0.25, -0.2) is 4.98 Å². The third-order valence-corrected chi connectivity index (χ3v) is 5.29. The monoisotopic (exact) mass is 348 g/mol. The SMILES string of the molecule is Cc1cccc(S(=O)(=O)n2cc(NC(=O)c3nccs3)cn2)c1. The van der Waals surface area contributed by atoms with Gasteiger partial charge in [-0.1, -0.05) is 12.1 Å². The molecule has 0 fully saturated rings. The van der Waals surface area contributed by atoms with Crippen LogP contribution in [0.25, 0.3) is 0 Å². The Morgan fingerprint density at radius 1 is 1.35 bits per heavy atom. The van der Waals surface area contributed by atoms with E-state index in [1.165, 1.54) is 36.0 Å². The van der Waals surface area contributed by atoms with E-state index in [1.807, 2.05) is 13.0 Å². The third kappa shape index (κ3) is 3.15. The molecule has 23 heavy (non-hydrogen) atoms. The molecule has 1 amide bonds. The number of amides is 1. The lowest BCUT2D eigenvalue weighted by Crippen LogP contribution is -2.14. The Kier molecular flexibility index (Phi) is 3.97. The quantitative estimate of drug-likeness (QED) is 0.779. The lowest BCUT2D eigenvalue weighted by molar-refractivity contribution is 0.102. The van der Waals surface area contributed by atoms with E-state index in [0.717, 1.165) is 9.65 Å². The molecular weight excluding hydrogens is 336 g/mol. The second-order valence-corrected chi connectivity index (χ2v) is 7.40. The number of thiazole rings is 1. The Hall–Kier alpha value is -2.52. The van der Waals surface area contributed by atoms with E-state index in [0.29, 0.717) is 5.01 Å². The molecule has 0 spiro atoms. The summed E-state index contributed by atoms with van der Waals surface area (Å²) in [5.74, 6) is -0.410. The normalized spacial score (nSPS) is 11.3. The van der Waals surface area contributed by atoms with Gasteiger partial charge in [-0.05, 0) is 24.6 Å². The number of hydrogen-bond donors (Lipinski definition) is 1. The largest absolute Gasteiger partial charge is 0.317 e. The Labute approximate surface area is 136 Å². The van der Waals surface area contributed by atoms with Crippen LogP contribution >= 0.6 is 11.3 Å². The van der Waals surface area contributed by atoms with Gasteiger partial charge in [-0.15, -0.1) is 11.3 Å². The second-order valence-electron chi connectivity index (χ2n) is 4.71. The maximum Gasteiger partial charge on any atom is 0.284 e. The van der Waals surface area contributed by atoms with E-state index in [1.54, 1.807) is 17.5 Å². The van der Waals surface area contributed by atoms with Crippen LogP contribution in [-0.4, -0.2) is 28.5 Å². The minimum atomic E-state index is -3.79. The zero-order chi connectivity index (χ0) is 16.4. The number of nitrogens with zero attached hydrogens (tertiary/aromatic N) is 3. The van der Waals surface area contributed by atoms with Crippen molar-refractivity contribution >= 4 is 33.0 Å². The summed E-state index contributed by atoms with van der Waals surface area (Å²) in [7, 11) is -3.79. The Morgan fingerprint density at radius 2 is 2.17 bits per heavy atom. The van der Waals surface area contributed by atoms with Crippen molar-refractivity contribution in [3.05, 3.63) is 58.8 Å². The van der Waals surface area contributed by atoms with Crippen molar-refractivity contribution in [2.75, 3.05) is 5.32 Å². The van der Waals surface area contributed by atoms with Crippen molar-refractivity contribution in [3.8, 4) is 0 Å². The number of carbonyl (C=O) groups is 1. The first-order valence-corrected chi connectivity index (χ1v) is 8.86. The fraction of sp³-hybridized carbons (Fsp3) is 0.0714. The summed E-state index contributed by atoms with van der Waals surface area (Å²) in [6, 6.07) is 6.53. The van der Waals surface area contributed by atoms with Crippen molar-refractivity contribution in [1.82, 2.24) is 14.2 Å². The third-order valence-electron chi connectivity index (χ3n) is 2.98. The molecule has 2 aromatic heterocycles. The van der Waals surface area contributed by atoms with Crippen LogP contribution < -0.4 is 5.32 Å². The summed E-state index contributed by atoms with van der Waals surface area (Å²) < 4.78 is 25.8. The van der Waals surface area contributed by atoms with Crippen LogP contribution in [0.4, 0.5) is 5.69 Å². The predicted molar refractivity (Wildman–Crippen MR) is 86.1 cm³/mol. The maximum atomic E-state index is 12.5. The number of carbonyl (C=O) groups excluding carboxylic acids is 1. The zero-order valence-electron chi connectivity index (χ0n) is 12.0. The molecule has 0 aliphatic heterocycles. The Morgan fingerprint density at radius 3 is 2.87 bits per heavy atom. The molecule has 0 unspecified atom stereocenters. The lowest BCUT2D eigenvalue weighted by Gasteiger charge is -2.04. The minimum Gasteiger partial charge on any atom is -0.317 e. The highest BCUT2D eigenvalue weighted by Crippen LogP contribution is 2.17. The van der Waals surface area contributed by atoms with Crippen LogP contribution in [0.1, 0.15) is 15.4 Å². The van der Waals surface area contributed by atoms with Crippen molar-refractivity contribution in [2.24, 2.45) is 0 Å². The summed E-state index contributed by atoms with van der Waals surface area (Å²) in [5.41, 5.74) is 1.11. The van der Waals surface area contributed by atoms with E-state index in [-0.39, 0.29) is 10.6 Å². The highest BCUT2D eigenvalue weighted by Gasteiger charge is 2.19. The standard InChI is InChI=1S/C14H12N4O3S2/c1-10-3-2-4-12(7-10)23(20,21)18-9-11(8-16-18)17-13(19)14-15-5-6-22-14/h2-9H,1H3,(H,17,19). The molecule has 7 nitrogen and oxygen atoms in total. The number of nitrogens with one attached hydrogen (secondary N) is 1. The summed E-state index contributed by atoms with van der Waals surface area (Å²) in [5, 5.41) is 8.36. The van der Waals surface area contributed by atoms with Crippen LogP contribution in [0.3, 0.4) is 0 Å². The molecule has 9 heteroatoms. The molecule has 0 aliphatic carbocycles. The van der Waals surface area contributed by atoms with Gasteiger partial charge < -0.3 is 5.32 Å². The van der Waals surface area contributed by atoms with Crippen LogP contribution in [-0.2, 0) is 10.0 Å². The van der Waals surface area contributed by atoms with Gasteiger partial charge in [0.15, 0.2) is 5.01 Å². The fourth-order valence-electron chi connectivity index (χ4n) is 1.90. The smallest absolute Gasteiger partial charge is 0.284 e. The van der Waals surface area contributed by atoms with Crippen LogP contribution in [0.5, 0.6) is 0 Å². The van der Waals surface area contributed by atoms with Gasteiger partial charge in [0.05, 0.1) is 23.0 Å². The van der Waals surface area contributed by atoms with Crippen molar-refractivity contribution in [1.29, 1.82) is 0 Å². The Balaban J connectivity index is 1.85. The molecule has 0 atom stereocenters. The first-order chi connectivity index (χ1) is 11.0. The van der Waals surface area contributed by atoms with Crippen molar-refractivity contribution < 1.29 is 13.2 Å². The van der Waals surface area contributed by atoms with Crippen molar-refractivity contribution in [3.63, 3.8) is 0 Å². The number of aryl methyl sites for hydroxylation is 1. The molecule has 0 radical (unpaired) electrons. The molecule has 118 valence electrons. The average molecular weight is 348 g/mol. The van der Waals surface area contributed by atoms with Crippen LogP contribution in [0, 0.1) is 6.92 Å². The number of rotatable bonds is 4. The molecule has 3 aromatic rings. The molecule has 0 aliphatic rings. The number of aromatic nitrogens is 3. The van der Waals surface area contributed by atoms with Crippen molar-refractivity contribution in [2.45, 2.75) is 11.8 Å². The molecule has 0 saturated heterocycles. The van der Waals surface area contributed by atoms with Gasteiger partial charge in [-0.2, -0.15) is 17.6 Å². The molecule has 3 rings (SSSR count). The predicted octanol–water partition coefficient (Wildman–Crippen LogP) is 2.14. The van der Waals surface area contributed by atoms with E-state index in [2.05, 4.69) is 15.4 Å². The molecule has 1 aromatic carbocycles. The molecule has 2 heterocycles. The second kappa shape index (κ2) is 5.94. The van der Waals surface area contributed by atoms with E-state index in [9.17, 15) is 13.2 Å². The first kappa shape index (κ1) is 15.4. The van der Waals surface area contributed by atoms with Gasteiger partial charge >= 0.3 is 0 Å². The highest BCUT2D eigenvalue weighted by atomic mass is 32.2. The van der Waals surface area contributed by atoms with E-state index in [4.69, 9.17) is 0 Å². The summed E-state index contributed by atoms with van der Waals surface area (Å²) in [6.07, 6.45) is 4.05. The molecule has 0 bridgehead atoms. The number of anilines is 1. The molecule has 1 N–H and O–H groups in total. The van der Waals surface area contributed by atoms with Crippen LogP contribution in [0.2, 0.25) is 0 Å². The van der Waals surface area contributed by atoms with Gasteiger partial charge in [0.25, 0.3) is 15.9 Å². The molecule has 0 saturated carbocycles. The van der Waals surface area contributed by atoms with Gasteiger partial charge in [0.1, 0.15) is 0 Å². The summed E-state index contributed by atoms with van der Waals surface area (Å²) in [4.78, 5) is 15.9. The van der Waals surface area contributed by atoms with Gasteiger partial charge in [0, 0.05) is 11.6 Å². The molecular formula is C14H12N4O3S2. The van der Waals surface area contributed by atoms with E-state index < -0.39 is 15.9 Å². The Bertz CT molecular complexity index is 946. The topological polar surface area (TPSA) is 94.0 Å². The summed E-state index contributed by atoms with van der Waals surface area (Å²) in [6.45, 7) is 1.81. The fourth-order valence-corrected chi connectivity index (χ4v) is 3.66. The van der Waals surface area contributed by atoms with E-state index >= 15 is 0 Å². The average Bonchev–Trinajstić information content (AvgIpc) is 3.18. The number of hydrogen-bond acceptors (Lipinski definition) is 6. The maximum absolute atomic E-state index is 12.5. The lowest BCUT2D eigenvalue weighted by atomic mass is 10.2. The van der Waals surface area contributed by atoms with Gasteiger partial charge in [-0.3, -0.25) is 4.79 Å². The first-order valence-electron chi connectivity index (χ1n) is 6.54.